The van der Waals surface area contributed by atoms with Crippen molar-refractivity contribution in [3.8, 4) is 0 Å². The number of aliphatic hydroxyl groups excluding tert-OH is 1. The first kappa shape index (κ1) is 10.4. The summed E-state index contributed by atoms with van der Waals surface area (Å²) in [6, 6.07) is 0. The number of ether oxygens (including phenoxy) is 1. The Morgan fingerprint density at radius 3 is 2.86 bits per heavy atom. The van der Waals surface area contributed by atoms with Gasteiger partial charge in [0.15, 0.2) is 0 Å². The fraction of sp³-hybridized carbons (Fsp3) is 1.00. The Kier molecular flexibility index (Phi) is 3.10. The van der Waals surface area contributed by atoms with Crippen LogP contribution in [0.1, 0.15) is 32.1 Å². The standard InChI is InChI=1S/C11H21NO2/c1-14-8-7-12-6-3-10(13)9-11(12)4-2-5-11/h10,13H,2-9H2,1H3. The van der Waals surface area contributed by atoms with E-state index in [4.69, 9.17) is 4.74 Å². The third-order valence-electron chi connectivity index (χ3n) is 3.87. The molecule has 14 heavy (non-hydrogen) atoms. The highest BCUT2D eigenvalue weighted by Gasteiger charge is 2.45. The number of piperidine rings is 1. The molecule has 1 aliphatic heterocycles. The summed E-state index contributed by atoms with van der Waals surface area (Å²) in [5.74, 6) is 0. The number of rotatable bonds is 3. The number of likely N-dealkylation sites (tertiary alicyclic amines) is 1. The highest BCUT2D eigenvalue weighted by atomic mass is 16.5. The first-order valence-corrected chi connectivity index (χ1v) is 5.69. The second kappa shape index (κ2) is 4.17. The summed E-state index contributed by atoms with van der Waals surface area (Å²) in [4.78, 5) is 2.53. The van der Waals surface area contributed by atoms with E-state index in [1.54, 1.807) is 7.11 Å². The van der Waals surface area contributed by atoms with E-state index in [1.165, 1.54) is 19.3 Å². The fourth-order valence-electron chi connectivity index (χ4n) is 2.87. The van der Waals surface area contributed by atoms with E-state index in [0.29, 0.717) is 5.54 Å². The average molecular weight is 199 g/mol. The lowest BCUT2D eigenvalue weighted by molar-refractivity contribution is -0.0724. The van der Waals surface area contributed by atoms with Crippen molar-refractivity contribution < 1.29 is 9.84 Å². The van der Waals surface area contributed by atoms with Crippen molar-refractivity contribution in [3.63, 3.8) is 0 Å². The first-order chi connectivity index (χ1) is 6.77. The molecule has 0 bridgehead atoms. The van der Waals surface area contributed by atoms with Gasteiger partial charge in [-0.3, -0.25) is 4.90 Å². The van der Waals surface area contributed by atoms with E-state index in [9.17, 15) is 5.11 Å². The number of nitrogens with zero attached hydrogens (tertiary/aromatic N) is 1. The maximum atomic E-state index is 9.70. The van der Waals surface area contributed by atoms with Crippen LogP contribution in [0.4, 0.5) is 0 Å². The van der Waals surface area contributed by atoms with Crippen LogP contribution in [0.15, 0.2) is 0 Å². The summed E-state index contributed by atoms with van der Waals surface area (Å²) in [5, 5.41) is 9.70. The molecular formula is C11H21NO2. The highest BCUT2D eigenvalue weighted by Crippen LogP contribution is 2.44. The molecule has 1 spiro atoms. The predicted molar refractivity (Wildman–Crippen MR) is 55.3 cm³/mol. The second-order valence-electron chi connectivity index (χ2n) is 4.70. The van der Waals surface area contributed by atoms with E-state index in [2.05, 4.69) is 4.90 Å². The van der Waals surface area contributed by atoms with Gasteiger partial charge in [-0.05, 0) is 32.1 Å². The molecule has 2 fully saturated rings. The molecule has 0 amide bonds. The highest BCUT2D eigenvalue weighted by molar-refractivity contribution is 5.02. The topological polar surface area (TPSA) is 32.7 Å². The first-order valence-electron chi connectivity index (χ1n) is 5.69. The Morgan fingerprint density at radius 1 is 1.50 bits per heavy atom. The Balaban J connectivity index is 1.93. The minimum atomic E-state index is -0.0610. The summed E-state index contributed by atoms with van der Waals surface area (Å²) in [7, 11) is 1.76. The molecular weight excluding hydrogens is 178 g/mol. The van der Waals surface area contributed by atoms with E-state index < -0.39 is 0 Å². The average Bonchev–Trinajstić information content (AvgIpc) is 2.13. The maximum absolute atomic E-state index is 9.70. The van der Waals surface area contributed by atoms with E-state index in [0.717, 1.165) is 32.5 Å². The molecule has 1 atom stereocenters. The number of hydrogen-bond acceptors (Lipinski definition) is 3. The number of aliphatic hydroxyl groups is 1. The van der Waals surface area contributed by atoms with E-state index in [-0.39, 0.29) is 6.10 Å². The Bertz CT molecular complexity index is 190. The summed E-state index contributed by atoms with van der Waals surface area (Å²) < 4.78 is 5.13. The molecule has 0 aromatic carbocycles. The van der Waals surface area contributed by atoms with Crippen LogP contribution in [0, 0.1) is 0 Å². The van der Waals surface area contributed by atoms with Gasteiger partial charge in [-0.15, -0.1) is 0 Å². The fourth-order valence-corrected chi connectivity index (χ4v) is 2.87. The predicted octanol–water partition coefficient (Wildman–Crippen LogP) is 1.01. The quantitative estimate of drug-likeness (QED) is 0.736. The van der Waals surface area contributed by atoms with Crippen LogP contribution in [0.5, 0.6) is 0 Å². The zero-order valence-corrected chi connectivity index (χ0v) is 9.04. The third-order valence-corrected chi connectivity index (χ3v) is 3.87. The van der Waals surface area contributed by atoms with Crippen molar-refractivity contribution in [1.82, 2.24) is 4.90 Å². The molecule has 2 rings (SSSR count). The van der Waals surface area contributed by atoms with Crippen LogP contribution in [0.3, 0.4) is 0 Å². The lowest BCUT2D eigenvalue weighted by Crippen LogP contribution is -2.59. The normalized spacial score (nSPS) is 31.7. The molecule has 1 aliphatic carbocycles. The van der Waals surface area contributed by atoms with Gasteiger partial charge in [0.2, 0.25) is 0 Å². The largest absolute Gasteiger partial charge is 0.393 e. The van der Waals surface area contributed by atoms with E-state index in [1.807, 2.05) is 0 Å². The maximum Gasteiger partial charge on any atom is 0.0589 e. The minimum Gasteiger partial charge on any atom is -0.393 e. The van der Waals surface area contributed by atoms with Crippen LogP contribution < -0.4 is 0 Å². The molecule has 2 aliphatic rings. The van der Waals surface area contributed by atoms with Gasteiger partial charge in [0, 0.05) is 25.7 Å². The molecule has 0 aromatic rings. The second-order valence-corrected chi connectivity index (χ2v) is 4.70. The lowest BCUT2D eigenvalue weighted by Gasteiger charge is -2.54. The number of methoxy groups -OCH3 is 1. The van der Waals surface area contributed by atoms with Crippen LogP contribution in [-0.2, 0) is 4.74 Å². The van der Waals surface area contributed by atoms with Gasteiger partial charge in [0.1, 0.15) is 0 Å². The van der Waals surface area contributed by atoms with Gasteiger partial charge in [0.25, 0.3) is 0 Å². The Hall–Kier alpha value is -0.120. The molecule has 1 saturated carbocycles. The molecule has 82 valence electrons. The Morgan fingerprint density at radius 2 is 2.29 bits per heavy atom. The van der Waals surface area contributed by atoms with Gasteiger partial charge in [-0.2, -0.15) is 0 Å². The van der Waals surface area contributed by atoms with Gasteiger partial charge in [-0.25, -0.2) is 0 Å². The van der Waals surface area contributed by atoms with E-state index >= 15 is 0 Å². The zero-order chi connectivity index (χ0) is 10.0. The van der Waals surface area contributed by atoms with Crippen molar-refractivity contribution in [2.75, 3.05) is 26.8 Å². The molecule has 1 unspecified atom stereocenters. The van der Waals surface area contributed by atoms with Crippen molar-refractivity contribution in [3.05, 3.63) is 0 Å². The van der Waals surface area contributed by atoms with Gasteiger partial charge in [-0.1, -0.05) is 0 Å². The van der Waals surface area contributed by atoms with Crippen molar-refractivity contribution >= 4 is 0 Å². The molecule has 1 heterocycles. The number of hydrogen-bond donors (Lipinski definition) is 1. The molecule has 1 N–H and O–H groups in total. The summed E-state index contributed by atoms with van der Waals surface area (Å²) >= 11 is 0. The van der Waals surface area contributed by atoms with Crippen molar-refractivity contribution in [2.24, 2.45) is 0 Å². The smallest absolute Gasteiger partial charge is 0.0589 e. The van der Waals surface area contributed by atoms with Gasteiger partial charge < -0.3 is 9.84 Å². The SMILES string of the molecule is COCCN1CCC(O)CC12CCC2. The van der Waals surface area contributed by atoms with Crippen LogP contribution in [0.2, 0.25) is 0 Å². The van der Waals surface area contributed by atoms with Crippen molar-refractivity contribution in [2.45, 2.75) is 43.7 Å². The summed E-state index contributed by atoms with van der Waals surface area (Å²) in [6.07, 6.45) is 5.73. The van der Waals surface area contributed by atoms with Gasteiger partial charge >= 0.3 is 0 Å². The van der Waals surface area contributed by atoms with Crippen LogP contribution >= 0.6 is 0 Å². The molecule has 0 radical (unpaired) electrons. The third kappa shape index (κ3) is 1.81. The Labute approximate surface area is 86.0 Å². The van der Waals surface area contributed by atoms with Gasteiger partial charge in [0.05, 0.1) is 12.7 Å². The zero-order valence-electron chi connectivity index (χ0n) is 9.04. The minimum absolute atomic E-state index is 0.0610. The van der Waals surface area contributed by atoms with Crippen LogP contribution in [-0.4, -0.2) is 48.5 Å². The molecule has 3 nitrogen and oxygen atoms in total. The molecule has 3 heteroatoms. The lowest BCUT2D eigenvalue weighted by atomic mass is 9.69. The van der Waals surface area contributed by atoms with Crippen molar-refractivity contribution in [1.29, 1.82) is 0 Å². The van der Waals surface area contributed by atoms with Crippen LogP contribution in [0.25, 0.3) is 0 Å². The molecule has 0 aromatic heterocycles. The summed E-state index contributed by atoms with van der Waals surface area (Å²) in [6.45, 7) is 2.89. The summed E-state index contributed by atoms with van der Waals surface area (Å²) in [5.41, 5.74) is 0.343. The monoisotopic (exact) mass is 199 g/mol. The molecule has 1 saturated heterocycles.